The quantitative estimate of drug-likeness (QED) is 0.384. The molecule has 0 bridgehead atoms. The molecule has 5 nitrogen and oxygen atoms in total. The molecule has 1 aromatic carbocycles. The fourth-order valence-electron chi connectivity index (χ4n) is 2.61. The van der Waals surface area contributed by atoms with Crippen LogP contribution in [0.25, 0.3) is 0 Å². The van der Waals surface area contributed by atoms with Crippen LogP contribution in [0.2, 0.25) is 0 Å². The first kappa shape index (κ1) is 14.5. The number of amidine groups is 1. The van der Waals surface area contributed by atoms with Crippen molar-refractivity contribution in [3.63, 3.8) is 0 Å². The Morgan fingerprint density at radius 1 is 1.35 bits per heavy atom. The van der Waals surface area contributed by atoms with Crippen molar-refractivity contribution in [3.05, 3.63) is 23.8 Å². The molecular formula is C15H22N2O3. The van der Waals surface area contributed by atoms with Crippen LogP contribution in [0, 0.1) is 5.92 Å². The summed E-state index contributed by atoms with van der Waals surface area (Å²) in [5.41, 5.74) is 6.29. The van der Waals surface area contributed by atoms with Gasteiger partial charge in [0.05, 0.1) is 12.7 Å². The molecule has 0 aromatic heterocycles. The molecule has 1 fully saturated rings. The van der Waals surface area contributed by atoms with Gasteiger partial charge < -0.3 is 20.4 Å². The third kappa shape index (κ3) is 3.15. The summed E-state index contributed by atoms with van der Waals surface area (Å²) in [6.07, 6.45) is 4.81. The number of nitrogens with two attached hydrogens (primary N) is 1. The maximum Gasteiger partial charge on any atom is 0.173 e. The molecule has 1 aliphatic rings. The largest absolute Gasteiger partial charge is 0.497 e. The van der Waals surface area contributed by atoms with E-state index in [9.17, 15) is 0 Å². The van der Waals surface area contributed by atoms with Crippen molar-refractivity contribution in [1.29, 1.82) is 0 Å². The third-order valence-corrected chi connectivity index (χ3v) is 3.88. The van der Waals surface area contributed by atoms with Gasteiger partial charge in [0.25, 0.3) is 0 Å². The molecule has 3 N–H and O–H groups in total. The van der Waals surface area contributed by atoms with E-state index in [0.29, 0.717) is 23.0 Å². The van der Waals surface area contributed by atoms with E-state index < -0.39 is 0 Å². The summed E-state index contributed by atoms with van der Waals surface area (Å²) in [4.78, 5) is 0. The van der Waals surface area contributed by atoms with Gasteiger partial charge in [0, 0.05) is 6.07 Å². The van der Waals surface area contributed by atoms with Crippen molar-refractivity contribution in [1.82, 2.24) is 0 Å². The molecule has 0 radical (unpaired) electrons. The van der Waals surface area contributed by atoms with Crippen LogP contribution in [0.15, 0.2) is 23.4 Å². The summed E-state index contributed by atoms with van der Waals surface area (Å²) in [6.45, 7) is 2.20. The number of nitrogens with zero attached hydrogens (tertiary/aromatic N) is 1. The number of methoxy groups -OCH3 is 1. The second-order valence-corrected chi connectivity index (χ2v) is 5.27. The molecule has 0 aliphatic heterocycles. The first-order valence-electron chi connectivity index (χ1n) is 6.98. The van der Waals surface area contributed by atoms with Crippen LogP contribution in [-0.2, 0) is 0 Å². The van der Waals surface area contributed by atoms with Crippen molar-refractivity contribution < 1.29 is 14.7 Å². The third-order valence-electron chi connectivity index (χ3n) is 3.88. The number of benzene rings is 1. The van der Waals surface area contributed by atoms with Crippen molar-refractivity contribution in [3.8, 4) is 11.5 Å². The number of rotatable bonds is 4. The zero-order valence-corrected chi connectivity index (χ0v) is 12.0. The van der Waals surface area contributed by atoms with Crippen molar-refractivity contribution >= 4 is 5.84 Å². The van der Waals surface area contributed by atoms with Gasteiger partial charge in [-0.3, -0.25) is 0 Å². The summed E-state index contributed by atoms with van der Waals surface area (Å²) in [7, 11) is 1.60. The lowest BCUT2D eigenvalue weighted by Crippen LogP contribution is -2.29. The minimum Gasteiger partial charge on any atom is -0.497 e. The SMILES string of the molecule is COc1ccc(/C(N)=N/O)c(OC2CCCCC2C)c1. The second-order valence-electron chi connectivity index (χ2n) is 5.27. The molecule has 1 saturated carbocycles. The fraction of sp³-hybridized carbons (Fsp3) is 0.533. The van der Waals surface area contributed by atoms with E-state index >= 15 is 0 Å². The predicted molar refractivity (Wildman–Crippen MR) is 77.6 cm³/mol. The normalized spacial score (nSPS) is 23.4. The van der Waals surface area contributed by atoms with Gasteiger partial charge in [-0.05, 0) is 37.3 Å². The van der Waals surface area contributed by atoms with E-state index in [1.807, 2.05) is 0 Å². The maximum atomic E-state index is 8.87. The molecule has 0 amide bonds. The van der Waals surface area contributed by atoms with Crippen LogP contribution >= 0.6 is 0 Å². The first-order chi connectivity index (χ1) is 9.65. The molecule has 2 rings (SSSR count). The van der Waals surface area contributed by atoms with Crippen molar-refractivity contribution in [2.24, 2.45) is 16.8 Å². The van der Waals surface area contributed by atoms with Crippen LogP contribution in [0.1, 0.15) is 38.2 Å². The first-order valence-corrected chi connectivity index (χ1v) is 6.98. The van der Waals surface area contributed by atoms with E-state index in [0.717, 1.165) is 6.42 Å². The molecular weight excluding hydrogens is 256 g/mol. The lowest BCUT2D eigenvalue weighted by molar-refractivity contribution is 0.102. The Bertz CT molecular complexity index is 488. The molecule has 0 saturated heterocycles. The van der Waals surface area contributed by atoms with E-state index in [-0.39, 0.29) is 11.9 Å². The Hall–Kier alpha value is -1.91. The molecule has 0 heterocycles. The van der Waals surface area contributed by atoms with Crippen molar-refractivity contribution in [2.45, 2.75) is 38.7 Å². The summed E-state index contributed by atoms with van der Waals surface area (Å²) in [6, 6.07) is 5.30. The monoisotopic (exact) mass is 278 g/mol. The predicted octanol–water partition coefficient (Wildman–Crippen LogP) is 2.75. The Labute approximate surface area is 119 Å². The highest BCUT2D eigenvalue weighted by Gasteiger charge is 2.24. The average molecular weight is 278 g/mol. The number of ether oxygens (including phenoxy) is 2. The van der Waals surface area contributed by atoms with Crippen LogP contribution in [0.4, 0.5) is 0 Å². The fourth-order valence-corrected chi connectivity index (χ4v) is 2.61. The lowest BCUT2D eigenvalue weighted by atomic mass is 9.88. The van der Waals surface area contributed by atoms with Gasteiger partial charge in [0.1, 0.15) is 17.6 Å². The number of oxime groups is 1. The zero-order valence-electron chi connectivity index (χ0n) is 12.0. The van der Waals surface area contributed by atoms with Crippen LogP contribution in [-0.4, -0.2) is 24.3 Å². The van der Waals surface area contributed by atoms with E-state index in [4.69, 9.17) is 20.4 Å². The van der Waals surface area contributed by atoms with Crippen LogP contribution < -0.4 is 15.2 Å². The van der Waals surface area contributed by atoms with Gasteiger partial charge in [-0.25, -0.2) is 0 Å². The van der Waals surface area contributed by atoms with E-state index in [1.165, 1.54) is 19.3 Å². The Kier molecular flexibility index (Phi) is 4.71. The molecule has 110 valence electrons. The van der Waals surface area contributed by atoms with E-state index in [1.54, 1.807) is 25.3 Å². The van der Waals surface area contributed by atoms with Gasteiger partial charge in [0.15, 0.2) is 5.84 Å². The minimum atomic E-state index is 0.0473. The molecule has 2 unspecified atom stereocenters. The van der Waals surface area contributed by atoms with Crippen LogP contribution in [0.3, 0.4) is 0 Å². The van der Waals surface area contributed by atoms with Gasteiger partial charge in [-0.2, -0.15) is 0 Å². The topological polar surface area (TPSA) is 77.1 Å². The van der Waals surface area contributed by atoms with Crippen LogP contribution in [0.5, 0.6) is 11.5 Å². The summed E-state index contributed by atoms with van der Waals surface area (Å²) < 4.78 is 11.3. The highest BCUT2D eigenvalue weighted by molar-refractivity contribution is 5.99. The molecule has 20 heavy (non-hydrogen) atoms. The zero-order chi connectivity index (χ0) is 14.5. The molecule has 1 aliphatic carbocycles. The molecule has 1 aromatic rings. The lowest BCUT2D eigenvalue weighted by Gasteiger charge is -2.30. The minimum absolute atomic E-state index is 0.0473. The summed E-state index contributed by atoms with van der Waals surface area (Å²) in [5, 5.41) is 11.9. The second kappa shape index (κ2) is 6.50. The standard InChI is InChI=1S/C15H22N2O3/c1-10-5-3-4-6-13(10)20-14-9-11(19-2)7-8-12(14)15(16)17-18/h7-10,13,18H,3-6H2,1-2H3,(H2,16,17). The Morgan fingerprint density at radius 2 is 2.10 bits per heavy atom. The van der Waals surface area contributed by atoms with Gasteiger partial charge in [0.2, 0.25) is 0 Å². The number of hydrogen-bond acceptors (Lipinski definition) is 4. The molecule has 0 spiro atoms. The van der Waals surface area contributed by atoms with Gasteiger partial charge in [-0.15, -0.1) is 0 Å². The van der Waals surface area contributed by atoms with Gasteiger partial charge >= 0.3 is 0 Å². The van der Waals surface area contributed by atoms with E-state index in [2.05, 4.69) is 12.1 Å². The highest BCUT2D eigenvalue weighted by Crippen LogP contribution is 2.31. The summed E-state index contributed by atoms with van der Waals surface area (Å²) in [5.74, 6) is 1.86. The summed E-state index contributed by atoms with van der Waals surface area (Å²) >= 11 is 0. The Morgan fingerprint density at radius 3 is 2.75 bits per heavy atom. The highest BCUT2D eigenvalue weighted by atomic mass is 16.5. The molecule has 2 atom stereocenters. The smallest absolute Gasteiger partial charge is 0.173 e. The van der Waals surface area contributed by atoms with Gasteiger partial charge in [-0.1, -0.05) is 18.5 Å². The maximum absolute atomic E-state index is 8.87. The van der Waals surface area contributed by atoms with Crippen molar-refractivity contribution in [2.75, 3.05) is 7.11 Å². The number of hydrogen-bond donors (Lipinski definition) is 2. The average Bonchev–Trinajstić information content (AvgIpc) is 2.48. The molecule has 5 heteroatoms. The Balaban J connectivity index is 2.27.